The summed E-state index contributed by atoms with van der Waals surface area (Å²) in [7, 11) is 0. The largest absolute Gasteiger partial charge is 0.290 e. The summed E-state index contributed by atoms with van der Waals surface area (Å²) in [6, 6.07) is 0. The Kier molecular flexibility index (Phi) is 1.95. The average molecular weight is 133 g/mol. The van der Waals surface area contributed by atoms with E-state index in [1.807, 2.05) is 6.20 Å². The highest BCUT2D eigenvalue weighted by Crippen LogP contribution is 1.91. The highest BCUT2D eigenvalue weighted by atomic mass is 15.0. The van der Waals surface area contributed by atoms with Gasteiger partial charge in [-0.3, -0.25) is 0 Å². The van der Waals surface area contributed by atoms with Crippen molar-refractivity contribution in [2.24, 2.45) is 0 Å². The van der Waals surface area contributed by atoms with Crippen molar-refractivity contribution in [2.45, 2.75) is 0 Å². The van der Waals surface area contributed by atoms with Gasteiger partial charge in [-0.25, -0.2) is 4.57 Å². The van der Waals surface area contributed by atoms with E-state index in [9.17, 15) is 0 Å². The maximum absolute atomic E-state index is 3.95. The van der Waals surface area contributed by atoms with Crippen molar-refractivity contribution in [3.63, 3.8) is 0 Å². The van der Waals surface area contributed by atoms with Crippen LogP contribution in [0, 0.1) is 0 Å². The van der Waals surface area contributed by atoms with E-state index < -0.39 is 0 Å². The molecule has 2 nitrogen and oxygen atoms in total. The molecule has 50 valence electrons. The minimum Gasteiger partial charge on any atom is -0.210 e. The Morgan fingerprint density at radius 2 is 2.30 bits per heavy atom. The first-order valence-corrected chi connectivity index (χ1v) is 2.97. The normalized spacial score (nSPS) is 8.80. The third-order valence-electron chi connectivity index (χ3n) is 1.17. The zero-order valence-electron chi connectivity index (χ0n) is 5.70. The molecule has 0 saturated heterocycles. The second-order valence-electron chi connectivity index (χ2n) is 1.86. The van der Waals surface area contributed by atoms with Gasteiger partial charge in [0, 0.05) is 0 Å². The predicted octanol–water partition coefficient (Wildman–Crippen LogP) is 1.11. The van der Waals surface area contributed by atoms with Crippen LogP contribution in [0.25, 0.3) is 12.3 Å². The van der Waals surface area contributed by atoms with E-state index in [1.165, 1.54) is 0 Å². The summed E-state index contributed by atoms with van der Waals surface area (Å²) in [5.74, 6) is 0. The molecule has 1 aromatic heterocycles. The SMILES string of the molecule is C=Cc1cnc[n+](C=C)c1. The van der Waals surface area contributed by atoms with Gasteiger partial charge in [0.15, 0.2) is 0 Å². The van der Waals surface area contributed by atoms with Gasteiger partial charge in [0.1, 0.15) is 12.4 Å². The summed E-state index contributed by atoms with van der Waals surface area (Å²) < 4.78 is 1.77. The van der Waals surface area contributed by atoms with E-state index in [0.29, 0.717) is 0 Å². The molecule has 1 heterocycles. The minimum atomic E-state index is 0.988. The summed E-state index contributed by atoms with van der Waals surface area (Å²) in [5.41, 5.74) is 0.988. The van der Waals surface area contributed by atoms with Gasteiger partial charge in [0.25, 0.3) is 6.33 Å². The van der Waals surface area contributed by atoms with Crippen LogP contribution >= 0.6 is 0 Å². The molecule has 1 rings (SSSR count). The van der Waals surface area contributed by atoms with Gasteiger partial charge in [-0.05, 0) is 0 Å². The van der Waals surface area contributed by atoms with Crippen molar-refractivity contribution in [3.8, 4) is 0 Å². The summed E-state index contributed by atoms with van der Waals surface area (Å²) in [6.45, 7) is 7.21. The summed E-state index contributed by atoms with van der Waals surface area (Å²) >= 11 is 0. The van der Waals surface area contributed by atoms with Crippen molar-refractivity contribution in [2.75, 3.05) is 0 Å². The zero-order valence-corrected chi connectivity index (χ0v) is 5.70. The van der Waals surface area contributed by atoms with Gasteiger partial charge in [-0.15, -0.1) is 0 Å². The zero-order chi connectivity index (χ0) is 7.40. The minimum absolute atomic E-state index is 0.988. The fraction of sp³-hybridized carbons (Fsp3) is 0. The van der Waals surface area contributed by atoms with Gasteiger partial charge >= 0.3 is 0 Å². The lowest BCUT2D eigenvalue weighted by molar-refractivity contribution is -0.571. The summed E-state index contributed by atoms with van der Waals surface area (Å²) in [5, 5.41) is 0. The fourth-order valence-corrected chi connectivity index (χ4v) is 0.640. The Morgan fingerprint density at radius 3 is 2.90 bits per heavy atom. The number of nitrogens with zero attached hydrogens (tertiary/aromatic N) is 2. The van der Waals surface area contributed by atoms with Crippen LogP contribution in [0.3, 0.4) is 0 Å². The molecule has 0 aliphatic heterocycles. The van der Waals surface area contributed by atoms with Crippen LogP contribution in [0.4, 0.5) is 0 Å². The summed E-state index contributed by atoms with van der Waals surface area (Å²) in [6.07, 6.45) is 8.74. The van der Waals surface area contributed by atoms with Crippen LogP contribution in [0.15, 0.2) is 31.9 Å². The molecule has 0 spiro atoms. The Hall–Kier alpha value is -1.44. The number of hydrogen-bond acceptors (Lipinski definition) is 1. The monoisotopic (exact) mass is 133 g/mol. The molecule has 10 heavy (non-hydrogen) atoms. The molecule has 0 amide bonds. The van der Waals surface area contributed by atoms with Crippen LogP contribution in [-0.4, -0.2) is 4.98 Å². The van der Waals surface area contributed by atoms with Crippen LogP contribution < -0.4 is 4.57 Å². The summed E-state index contributed by atoms with van der Waals surface area (Å²) in [4.78, 5) is 3.95. The molecule has 0 aromatic carbocycles. The number of hydrogen-bond donors (Lipinski definition) is 0. The lowest BCUT2D eigenvalue weighted by Gasteiger charge is -1.87. The molecule has 0 aliphatic carbocycles. The first-order chi connectivity index (χ1) is 4.86. The Labute approximate surface area is 60.2 Å². The smallest absolute Gasteiger partial charge is 0.210 e. The molecule has 0 fully saturated rings. The molecule has 2 heteroatoms. The molecular formula is C8H9N2+. The Morgan fingerprint density at radius 1 is 1.50 bits per heavy atom. The van der Waals surface area contributed by atoms with Crippen LogP contribution in [0.1, 0.15) is 5.56 Å². The van der Waals surface area contributed by atoms with E-state index in [0.717, 1.165) is 5.56 Å². The number of aromatic nitrogens is 2. The molecule has 0 bridgehead atoms. The second kappa shape index (κ2) is 2.92. The molecule has 0 N–H and O–H groups in total. The van der Waals surface area contributed by atoms with Gasteiger partial charge in [0.05, 0.1) is 11.8 Å². The van der Waals surface area contributed by atoms with Crippen molar-refractivity contribution >= 4 is 12.3 Å². The van der Waals surface area contributed by atoms with E-state index in [4.69, 9.17) is 0 Å². The van der Waals surface area contributed by atoms with Crippen LogP contribution in [-0.2, 0) is 0 Å². The van der Waals surface area contributed by atoms with E-state index in [2.05, 4.69) is 18.1 Å². The fourth-order valence-electron chi connectivity index (χ4n) is 0.640. The maximum Gasteiger partial charge on any atom is 0.290 e. The van der Waals surface area contributed by atoms with Crippen molar-refractivity contribution < 1.29 is 4.57 Å². The average Bonchev–Trinajstić information content (AvgIpc) is 2.05. The molecule has 1 aromatic rings. The molecule has 0 aliphatic rings. The van der Waals surface area contributed by atoms with E-state index in [1.54, 1.807) is 29.4 Å². The van der Waals surface area contributed by atoms with E-state index >= 15 is 0 Å². The molecular weight excluding hydrogens is 124 g/mol. The van der Waals surface area contributed by atoms with Gasteiger partial charge in [-0.2, -0.15) is 0 Å². The van der Waals surface area contributed by atoms with Gasteiger partial charge in [-0.1, -0.05) is 24.2 Å². The third kappa shape index (κ3) is 1.29. The molecule has 0 unspecified atom stereocenters. The molecule has 0 radical (unpaired) electrons. The third-order valence-corrected chi connectivity index (χ3v) is 1.17. The predicted molar refractivity (Wildman–Crippen MR) is 40.9 cm³/mol. The Balaban J connectivity index is 3.09. The molecule has 0 atom stereocenters. The highest BCUT2D eigenvalue weighted by Gasteiger charge is 1.93. The van der Waals surface area contributed by atoms with Crippen LogP contribution in [0.2, 0.25) is 0 Å². The first kappa shape index (κ1) is 6.68. The molecule has 0 saturated carbocycles. The lowest BCUT2D eigenvalue weighted by Crippen LogP contribution is -2.25. The lowest BCUT2D eigenvalue weighted by atomic mass is 10.3. The Bertz CT molecular complexity index is 230. The van der Waals surface area contributed by atoms with Gasteiger partial charge in [0.2, 0.25) is 0 Å². The topological polar surface area (TPSA) is 16.8 Å². The maximum atomic E-state index is 3.95. The van der Waals surface area contributed by atoms with E-state index in [-0.39, 0.29) is 0 Å². The second-order valence-corrected chi connectivity index (χ2v) is 1.86. The van der Waals surface area contributed by atoms with Crippen molar-refractivity contribution in [1.82, 2.24) is 4.98 Å². The van der Waals surface area contributed by atoms with Gasteiger partial charge < -0.3 is 0 Å². The first-order valence-electron chi connectivity index (χ1n) is 2.97. The van der Waals surface area contributed by atoms with Crippen LogP contribution in [0.5, 0.6) is 0 Å². The number of rotatable bonds is 2. The highest BCUT2D eigenvalue weighted by molar-refractivity contribution is 5.42. The quantitative estimate of drug-likeness (QED) is 0.552. The van der Waals surface area contributed by atoms with Crippen molar-refractivity contribution in [1.29, 1.82) is 0 Å². The van der Waals surface area contributed by atoms with Crippen molar-refractivity contribution in [3.05, 3.63) is 37.4 Å². The standard InChI is InChI=1S/C8H9N2/c1-3-8-5-9-7-10(4-2)6-8/h3-7H,1-2H2/q+1.